The second-order valence-electron chi connectivity index (χ2n) is 6.93. The zero-order chi connectivity index (χ0) is 18.0. The molecule has 6 heteroatoms. The molecule has 0 spiro atoms. The fourth-order valence-corrected chi connectivity index (χ4v) is 4.19. The Morgan fingerprint density at radius 2 is 2.16 bits per heavy atom. The standard InChI is InChI=1S/C19H24N2O3S/c1-13-5-6-16(22)14(11-13)15-12-25-18(20-15)21-9-4-7-19(2,8-10-21)17(23)24-3/h5-6,11-12,22H,4,7-10H2,1-3H3. The topological polar surface area (TPSA) is 62.7 Å². The zero-order valence-corrected chi connectivity index (χ0v) is 15.7. The Kier molecular flexibility index (Phi) is 4.99. The van der Waals surface area contributed by atoms with Gasteiger partial charge in [0.1, 0.15) is 5.75 Å². The first kappa shape index (κ1) is 17.7. The molecule has 1 aromatic carbocycles. The van der Waals surface area contributed by atoms with Crippen molar-refractivity contribution in [3.63, 3.8) is 0 Å². The van der Waals surface area contributed by atoms with Gasteiger partial charge >= 0.3 is 5.97 Å². The van der Waals surface area contributed by atoms with Crippen LogP contribution in [-0.2, 0) is 9.53 Å². The van der Waals surface area contributed by atoms with Crippen molar-refractivity contribution in [2.45, 2.75) is 33.1 Å². The summed E-state index contributed by atoms with van der Waals surface area (Å²) < 4.78 is 4.98. The third-order valence-electron chi connectivity index (χ3n) is 4.96. The number of carbonyl (C=O) groups excluding carboxylic acids is 1. The number of methoxy groups -OCH3 is 1. The van der Waals surface area contributed by atoms with Crippen LogP contribution in [0.4, 0.5) is 5.13 Å². The minimum absolute atomic E-state index is 0.126. The van der Waals surface area contributed by atoms with Gasteiger partial charge in [-0.1, -0.05) is 11.6 Å². The summed E-state index contributed by atoms with van der Waals surface area (Å²) in [6, 6.07) is 5.54. The maximum absolute atomic E-state index is 12.1. The summed E-state index contributed by atoms with van der Waals surface area (Å²) in [4.78, 5) is 19.0. The summed E-state index contributed by atoms with van der Waals surface area (Å²) in [5.74, 6) is 0.121. The number of hydrogen-bond acceptors (Lipinski definition) is 6. The van der Waals surface area contributed by atoms with E-state index >= 15 is 0 Å². The van der Waals surface area contributed by atoms with E-state index in [9.17, 15) is 9.90 Å². The fourth-order valence-electron chi connectivity index (χ4n) is 3.31. The lowest BCUT2D eigenvalue weighted by atomic mass is 9.83. The van der Waals surface area contributed by atoms with Crippen LogP contribution in [0.3, 0.4) is 0 Å². The van der Waals surface area contributed by atoms with Gasteiger partial charge in [0, 0.05) is 24.0 Å². The molecule has 0 amide bonds. The van der Waals surface area contributed by atoms with Crippen LogP contribution in [-0.4, -0.2) is 36.3 Å². The molecule has 1 atom stereocenters. The van der Waals surface area contributed by atoms with Crippen LogP contribution in [0.5, 0.6) is 5.75 Å². The van der Waals surface area contributed by atoms with Gasteiger partial charge in [-0.15, -0.1) is 11.3 Å². The van der Waals surface area contributed by atoms with Crippen LogP contribution in [0.2, 0.25) is 0 Å². The van der Waals surface area contributed by atoms with Crippen molar-refractivity contribution in [3.8, 4) is 17.0 Å². The summed E-state index contributed by atoms with van der Waals surface area (Å²) in [5, 5.41) is 13.0. The lowest BCUT2D eigenvalue weighted by Crippen LogP contribution is -2.31. The van der Waals surface area contributed by atoms with Crippen molar-refractivity contribution < 1.29 is 14.6 Å². The molecule has 134 valence electrons. The summed E-state index contributed by atoms with van der Waals surface area (Å²) in [7, 11) is 1.46. The number of nitrogens with zero attached hydrogens (tertiary/aromatic N) is 2. The smallest absolute Gasteiger partial charge is 0.311 e. The second-order valence-corrected chi connectivity index (χ2v) is 7.77. The van der Waals surface area contributed by atoms with Gasteiger partial charge in [0.05, 0.1) is 18.2 Å². The van der Waals surface area contributed by atoms with Crippen LogP contribution >= 0.6 is 11.3 Å². The lowest BCUT2D eigenvalue weighted by molar-refractivity contribution is -0.152. The van der Waals surface area contributed by atoms with E-state index < -0.39 is 5.41 Å². The van der Waals surface area contributed by atoms with Gasteiger partial charge in [0.15, 0.2) is 5.13 Å². The Bertz CT molecular complexity index is 774. The largest absolute Gasteiger partial charge is 0.507 e. The van der Waals surface area contributed by atoms with E-state index in [4.69, 9.17) is 9.72 Å². The van der Waals surface area contributed by atoms with Crippen LogP contribution in [0.25, 0.3) is 11.3 Å². The SMILES string of the molecule is COC(=O)C1(C)CCCN(c2nc(-c3cc(C)ccc3O)cs2)CC1. The van der Waals surface area contributed by atoms with Gasteiger partial charge in [0.2, 0.25) is 0 Å². The van der Waals surface area contributed by atoms with Crippen molar-refractivity contribution in [1.82, 2.24) is 4.98 Å². The normalized spacial score (nSPS) is 21.0. The minimum atomic E-state index is -0.418. The molecule has 1 aromatic heterocycles. The molecule has 1 fully saturated rings. The molecule has 3 rings (SSSR count). The Morgan fingerprint density at radius 3 is 2.92 bits per heavy atom. The van der Waals surface area contributed by atoms with Crippen molar-refractivity contribution >= 4 is 22.4 Å². The number of aromatic hydroxyl groups is 1. The predicted molar refractivity (Wildman–Crippen MR) is 100 cm³/mol. The molecule has 2 aromatic rings. The van der Waals surface area contributed by atoms with E-state index in [1.54, 1.807) is 17.4 Å². The van der Waals surface area contributed by atoms with E-state index in [2.05, 4.69) is 4.90 Å². The number of rotatable bonds is 3. The molecule has 0 aliphatic carbocycles. The number of thiazole rings is 1. The summed E-state index contributed by atoms with van der Waals surface area (Å²) in [5.41, 5.74) is 2.22. The number of aryl methyl sites for hydroxylation is 1. The van der Waals surface area contributed by atoms with E-state index in [-0.39, 0.29) is 11.7 Å². The average molecular weight is 360 g/mol. The Hall–Kier alpha value is -2.08. The Balaban J connectivity index is 1.79. The number of phenolic OH excluding ortho intramolecular Hbond substituents is 1. The third kappa shape index (κ3) is 3.63. The lowest BCUT2D eigenvalue weighted by Gasteiger charge is -2.25. The number of ether oxygens (including phenoxy) is 1. The number of benzene rings is 1. The number of esters is 1. The number of anilines is 1. The molecule has 1 aliphatic heterocycles. The number of carbonyl (C=O) groups is 1. The van der Waals surface area contributed by atoms with Gasteiger partial charge < -0.3 is 14.7 Å². The van der Waals surface area contributed by atoms with E-state index in [0.717, 1.165) is 54.3 Å². The molecule has 0 saturated carbocycles. The van der Waals surface area contributed by atoms with Gasteiger partial charge in [-0.05, 0) is 45.2 Å². The summed E-state index contributed by atoms with van der Waals surface area (Å²) in [6.45, 7) is 5.64. The molecule has 2 heterocycles. The first-order valence-corrected chi connectivity index (χ1v) is 9.40. The highest BCUT2D eigenvalue weighted by molar-refractivity contribution is 7.14. The van der Waals surface area contributed by atoms with E-state index in [1.165, 1.54) is 7.11 Å². The molecular formula is C19H24N2O3S. The third-order valence-corrected chi connectivity index (χ3v) is 5.86. The first-order chi connectivity index (χ1) is 11.9. The molecule has 0 radical (unpaired) electrons. The van der Waals surface area contributed by atoms with Crippen LogP contribution in [0.15, 0.2) is 23.6 Å². The zero-order valence-electron chi connectivity index (χ0n) is 14.9. The van der Waals surface area contributed by atoms with Crippen LogP contribution in [0, 0.1) is 12.3 Å². The predicted octanol–water partition coefficient (Wildman–Crippen LogP) is 3.99. The molecule has 1 N–H and O–H groups in total. The van der Waals surface area contributed by atoms with Crippen LogP contribution < -0.4 is 4.90 Å². The van der Waals surface area contributed by atoms with Crippen molar-refractivity contribution in [3.05, 3.63) is 29.1 Å². The Labute approximate surface area is 152 Å². The molecule has 1 unspecified atom stereocenters. The van der Waals surface area contributed by atoms with Crippen molar-refractivity contribution in [1.29, 1.82) is 0 Å². The highest BCUT2D eigenvalue weighted by atomic mass is 32.1. The van der Waals surface area contributed by atoms with E-state index in [0.29, 0.717) is 0 Å². The quantitative estimate of drug-likeness (QED) is 0.839. The van der Waals surface area contributed by atoms with Gasteiger partial charge in [-0.25, -0.2) is 4.98 Å². The molecule has 1 saturated heterocycles. The number of aromatic nitrogens is 1. The average Bonchev–Trinajstić information content (AvgIpc) is 3.00. The fraction of sp³-hybridized carbons (Fsp3) is 0.474. The van der Waals surface area contributed by atoms with Crippen molar-refractivity contribution in [2.75, 3.05) is 25.1 Å². The monoisotopic (exact) mass is 360 g/mol. The van der Waals surface area contributed by atoms with Crippen LogP contribution in [0.1, 0.15) is 31.7 Å². The summed E-state index contributed by atoms with van der Waals surface area (Å²) >= 11 is 1.58. The van der Waals surface area contributed by atoms with E-state index in [1.807, 2.05) is 31.4 Å². The highest BCUT2D eigenvalue weighted by Crippen LogP contribution is 2.37. The molecular weight excluding hydrogens is 336 g/mol. The molecule has 5 nitrogen and oxygen atoms in total. The molecule has 0 bridgehead atoms. The second kappa shape index (κ2) is 7.04. The number of hydrogen-bond donors (Lipinski definition) is 1. The molecule has 1 aliphatic rings. The Morgan fingerprint density at radius 1 is 1.36 bits per heavy atom. The summed E-state index contributed by atoms with van der Waals surface area (Å²) in [6.07, 6.45) is 2.51. The van der Waals surface area contributed by atoms with Gasteiger partial charge in [-0.3, -0.25) is 4.79 Å². The maximum Gasteiger partial charge on any atom is 0.311 e. The molecule has 25 heavy (non-hydrogen) atoms. The van der Waals surface area contributed by atoms with Gasteiger partial charge in [-0.2, -0.15) is 0 Å². The maximum atomic E-state index is 12.1. The minimum Gasteiger partial charge on any atom is -0.507 e. The van der Waals surface area contributed by atoms with Crippen molar-refractivity contribution in [2.24, 2.45) is 5.41 Å². The van der Waals surface area contributed by atoms with Gasteiger partial charge in [0.25, 0.3) is 0 Å². The number of phenols is 1. The first-order valence-electron chi connectivity index (χ1n) is 8.52. The highest BCUT2D eigenvalue weighted by Gasteiger charge is 2.36.